The number of hydrogen-bond donors (Lipinski definition) is 1. The predicted molar refractivity (Wildman–Crippen MR) is 107 cm³/mol. The molecular formula is C20H20ClN3O2S. The molecule has 1 aromatic carbocycles. The summed E-state index contributed by atoms with van der Waals surface area (Å²) in [6.07, 6.45) is 5.67. The summed E-state index contributed by atoms with van der Waals surface area (Å²) in [5.74, 6) is 1.84. The van der Waals surface area contributed by atoms with Gasteiger partial charge in [-0.1, -0.05) is 18.5 Å². The van der Waals surface area contributed by atoms with Crippen molar-refractivity contribution in [2.45, 2.75) is 39.0 Å². The molecule has 1 unspecified atom stereocenters. The van der Waals surface area contributed by atoms with Crippen LogP contribution in [0.15, 0.2) is 34.9 Å². The second-order valence-electron chi connectivity index (χ2n) is 6.91. The van der Waals surface area contributed by atoms with E-state index in [0.29, 0.717) is 40.6 Å². The van der Waals surface area contributed by atoms with Crippen LogP contribution in [0, 0.1) is 5.92 Å². The summed E-state index contributed by atoms with van der Waals surface area (Å²) in [6, 6.07) is 7.37. The van der Waals surface area contributed by atoms with Crippen LogP contribution >= 0.6 is 22.9 Å². The molecule has 27 heavy (non-hydrogen) atoms. The number of aromatic nitrogens is 2. The van der Waals surface area contributed by atoms with Crippen molar-refractivity contribution in [2.75, 3.05) is 5.32 Å². The number of aryl methyl sites for hydroxylation is 2. The smallest absolute Gasteiger partial charge is 0.226 e. The Hall–Kier alpha value is -2.18. The van der Waals surface area contributed by atoms with Crippen LogP contribution in [0.4, 0.5) is 5.13 Å². The minimum atomic E-state index is -0.0691. The van der Waals surface area contributed by atoms with Crippen LogP contribution in [0.25, 0.3) is 11.3 Å². The van der Waals surface area contributed by atoms with E-state index in [1.165, 1.54) is 11.3 Å². The van der Waals surface area contributed by atoms with E-state index < -0.39 is 0 Å². The molecule has 3 aromatic rings. The Morgan fingerprint density at radius 2 is 2.19 bits per heavy atom. The molecule has 0 spiro atoms. The highest BCUT2D eigenvalue weighted by atomic mass is 35.5. The van der Waals surface area contributed by atoms with Crippen molar-refractivity contribution in [1.82, 2.24) is 9.97 Å². The molecule has 0 bridgehead atoms. The average Bonchev–Trinajstić information content (AvgIpc) is 3.26. The maximum absolute atomic E-state index is 12.2. The first-order chi connectivity index (χ1) is 13.1. The Bertz CT molecular complexity index is 949. The molecule has 1 atom stereocenters. The minimum absolute atomic E-state index is 0.0691. The van der Waals surface area contributed by atoms with Crippen LogP contribution in [0.1, 0.15) is 36.2 Å². The normalized spacial score (nSPS) is 16.1. The third kappa shape index (κ3) is 4.39. The van der Waals surface area contributed by atoms with Gasteiger partial charge in [0.05, 0.1) is 11.9 Å². The van der Waals surface area contributed by atoms with E-state index in [1.807, 2.05) is 12.1 Å². The molecule has 0 aliphatic heterocycles. The van der Waals surface area contributed by atoms with E-state index in [9.17, 15) is 4.79 Å². The topological polar surface area (TPSA) is 68.0 Å². The van der Waals surface area contributed by atoms with E-state index in [4.69, 9.17) is 16.0 Å². The lowest BCUT2D eigenvalue weighted by atomic mass is 9.93. The quantitative estimate of drug-likeness (QED) is 0.642. The van der Waals surface area contributed by atoms with Gasteiger partial charge in [-0.05, 0) is 49.4 Å². The van der Waals surface area contributed by atoms with E-state index >= 15 is 0 Å². The molecule has 1 aliphatic rings. The standard InChI is InChI=1S/C20H20ClN3O2S/c1-12-2-7-15-17(10-12)27-20(23-15)24-18(25)8-9-19-22-11-16(26-19)13-3-5-14(21)6-4-13/h3-6,11-12H,2,7-10H2,1H3,(H,23,24,25). The van der Waals surface area contributed by atoms with Crippen LogP contribution in [-0.4, -0.2) is 15.9 Å². The van der Waals surface area contributed by atoms with Crippen molar-refractivity contribution in [3.8, 4) is 11.3 Å². The van der Waals surface area contributed by atoms with Crippen molar-refractivity contribution in [1.29, 1.82) is 0 Å². The molecule has 1 amide bonds. The van der Waals surface area contributed by atoms with Gasteiger partial charge in [-0.25, -0.2) is 9.97 Å². The number of fused-ring (bicyclic) bond motifs is 1. The maximum atomic E-state index is 12.2. The first-order valence-electron chi connectivity index (χ1n) is 9.06. The van der Waals surface area contributed by atoms with Crippen molar-refractivity contribution in [2.24, 2.45) is 5.92 Å². The first-order valence-corrected chi connectivity index (χ1v) is 10.3. The number of nitrogens with zero attached hydrogens (tertiary/aromatic N) is 2. The molecule has 0 saturated carbocycles. The molecule has 4 rings (SSSR count). The highest BCUT2D eigenvalue weighted by Crippen LogP contribution is 2.32. The van der Waals surface area contributed by atoms with Gasteiger partial charge < -0.3 is 9.73 Å². The van der Waals surface area contributed by atoms with Crippen molar-refractivity contribution >= 4 is 34.0 Å². The molecule has 2 heterocycles. The minimum Gasteiger partial charge on any atom is -0.441 e. The van der Waals surface area contributed by atoms with Gasteiger partial charge in [-0.3, -0.25) is 4.79 Å². The van der Waals surface area contributed by atoms with E-state index in [1.54, 1.807) is 29.7 Å². The van der Waals surface area contributed by atoms with Crippen LogP contribution < -0.4 is 5.32 Å². The van der Waals surface area contributed by atoms with Gasteiger partial charge >= 0.3 is 0 Å². The molecular weight excluding hydrogens is 382 g/mol. The van der Waals surface area contributed by atoms with Gasteiger partial charge in [0.25, 0.3) is 0 Å². The Labute approximate surface area is 166 Å². The van der Waals surface area contributed by atoms with Crippen molar-refractivity contribution in [3.63, 3.8) is 0 Å². The second-order valence-corrected chi connectivity index (χ2v) is 8.43. The van der Waals surface area contributed by atoms with Gasteiger partial charge in [0, 0.05) is 28.3 Å². The molecule has 7 heteroatoms. The fraction of sp³-hybridized carbons (Fsp3) is 0.350. The number of carbonyl (C=O) groups excluding carboxylic acids is 1. The number of nitrogens with one attached hydrogen (secondary N) is 1. The predicted octanol–water partition coefficient (Wildman–Crippen LogP) is 5.15. The molecule has 0 fully saturated rings. The molecule has 140 valence electrons. The molecule has 5 nitrogen and oxygen atoms in total. The second kappa shape index (κ2) is 7.82. The number of benzene rings is 1. The third-order valence-electron chi connectivity index (χ3n) is 4.68. The Morgan fingerprint density at radius 1 is 1.37 bits per heavy atom. The number of carbonyl (C=O) groups is 1. The average molecular weight is 402 g/mol. The van der Waals surface area contributed by atoms with E-state index in [0.717, 1.165) is 24.1 Å². The van der Waals surface area contributed by atoms with E-state index in [-0.39, 0.29) is 5.91 Å². The Balaban J connectivity index is 1.33. The summed E-state index contributed by atoms with van der Waals surface area (Å²) in [5.41, 5.74) is 2.05. The van der Waals surface area contributed by atoms with Crippen LogP contribution in [0.3, 0.4) is 0 Å². The fourth-order valence-electron chi connectivity index (χ4n) is 3.17. The number of halogens is 1. The van der Waals surface area contributed by atoms with E-state index in [2.05, 4.69) is 22.2 Å². The monoisotopic (exact) mass is 401 g/mol. The molecule has 1 N–H and O–H groups in total. The zero-order chi connectivity index (χ0) is 18.8. The zero-order valence-electron chi connectivity index (χ0n) is 15.0. The third-order valence-corrected chi connectivity index (χ3v) is 5.97. The summed E-state index contributed by atoms with van der Waals surface area (Å²) in [5, 5.41) is 4.29. The summed E-state index contributed by atoms with van der Waals surface area (Å²) < 4.78 is 5.74. The Kier molecular flexibility index (Phi) is 5.27. The number of hydrogen-bond acceptors (Lipinski definition) is 5. The number of thiazole rings is 1. The molecule has 1 aliphatic carbocycles. The first kappa shape index (κ1) is 18.2. The fourth-order valence-corrected chi connectivity index (χ4v) is 4.48. The van der Waals surface area contributed by atoms with Gasteiger partial charge in [-0.2, -0.15) is 0 Å². The lowest BCUT2D eigenvalue weighted by Crippen LogP contribution is -2.12. The van der Waals surface area contributed by atoms with Gasteiger partial charge in [0.1, 0.15) is 0 Å². The summed E-state index contributed by atoms with van der Waals surface area (Å²) in [6.45, 7) is 2.26. The summed E-state index contributed by atoms with van der Waals surface area (Å²) in [4.78, 5) is 22.4. The SMILES string of the molecule is CC1CCc2nc(NC(=O)CCc3ncc(-c4ccc(Cl)cc4)o3)sc2C1. The van der Waals surface area contributed by atoms with Crippen LogP contribution in [0.5, 0.6) is 0 Å². The highest BCUT2D eigenvalue weighted by Gasteiger charge is 2.20. The number of oxazole rings is 1. The lowest BCUT2D eigenvalue weighted by Gasteiger charge is -2.15. The maximum Gasteiger partial charge on any atom is 0.226 e. The summed E-state index contributed by atoms with van der Waals surface area (Å²) >= 11 is 7.50. The molecule has 2 aromatic heterocycles. The Morgan fingerprint density at radius 3 is 3.00 bits per heavy atom. The van der Waals surface area contributed by atoms with Crippen LogP contribution in [-0.2, 0) is 24.1 Å². The van der Waals surface area contributed by atoms with Crippen LogP contribution in [0.2, 0.25) is 5.02 Å². The van der Waals surface area contributed by atoms with Gasteiger partial charge in [0.15, 0.2) is 16.8 Å². The summed E-state index contributed by atoms with van der Waals surface area (Å²) in [7, 11) is 0. The number of anilines is 1. The largest absolute Gasteiger partial charge is 0.441 e. The number of rotatable bonds is 5. The number of amides is 1. The lowest BCUT2D eigenvalue weighted by molar-refractivity contribution is -0.116. The van der Waals surface area contributed by atoms with Crippen molar-refractivity contribution < 1.29 is 9.21 Å². The zero-order valence-corrected chi connectivity index (χ0v) is 16.6. The van der Waals surface area contributed by atoms with Crippen molar-refractivity contribution in [3.05, 3.63) is 51.9 Å². The van der Waals surface area contributed by atoms with Gasteiger partial charge in [0.2, 0.25) is 5.91 Å². The molecule has 0 radical (unpaired) electrons. The van der Waals surface area contributed by atoms with Gasteiger partial charge in [-0.15, -0.1) is 11.3 Å². The highest BCUT2D eigenvalue weighted by molar-refractivity contribution is 7.15. The molecule has 0 saturated heterocycles.